The topological polar surface area (TPSA) is 47.4 Å². The van der Waals surface area contributed by atoms with E-state index in [-0.39, 0.29) is 5.56 Å². The standard InChI is InChI=1S/C20H28ClN3O2S/c1-2-26-13-6-11-24-19(25)17-8-7-16(21)15-18(17)22-20(24)27-14-12-23-9-4-3-5-10-23/h7-8,15H,2-6,9-14H2,1H3. The number of ether oxygens (including phenoxy) is 1. The van der Waals surface area contributed by atoms with Gasteiger partial charge >= 0.3 is 0 Å². The van der Waals surface area contributed by atoms with Crippen LogP contribution in [0, 0.1) is 0 Å². The van der Waals surface area contributed by atoms with Gasteiger partial charge in [0.2, 0.25) is 0 Å². The highest BCUT2D eigenvalue weighted by molar-refractivity contribution is 7.99. The largest absolute Gasteiger partial charge is 0.382 e. The predicted molar refractivity (Wildman–Crippen MR) is 113 cm³/mol. The van der Waals surface area contributed by atoms with E-state index in [4.69, 9.17) is 21.3 Å². The number of halogens is 1. The maximum Gasteiger partial charge on any atom is 0.262 e. The van der Waals surface area contributed by atoms with Crippen LogP contribution in [0.25, 0.3) is 10.9 Å². The Kier molecular flexibility index (Phi) is 8.00. The summed E-state index contributed by atoms with van der Waals surface area (Å²) in [6.45, 7) is 7.35. The summed E-state index contributed by atoms with van der Waals surface area (Å²) in [6.07, 6.45) is 4.73. The number of benzene rings is 1. The molecule has 2 aromatic rings. The molecule has 0 amide bonds. The summed E-state index contributed by atoms with van der Waals surface area (Å²) in [4.78, 5) is 20.3. The molecule has 0 bridgehead atoms. The molecule has 1 fully saturated rings. The van der Waals surface area contributed by atoms with Gasteiger partial charge in [0, 0.05) is 37.1 Å². The second-order valence-corrected chi connectivity index (χ2v) is 8.31. The molecule has 0 aliphatic carbocycles. The lowest BCUT2D eigenvalue weighted by atomic mass is 10.1. The molecular weight excluding hydrogens is 382 g/mol. The van der Waals surface area contributed by atoms with Crippen molar-refractivity contribution in [1.29, 1.82) is 0 Å². The Morgan fingerprint density at radius 1 is 1.22 bits per heavy atom. The Bertz CT molecular complexity index is 806. The monoisotopic (exact) mass is 409 g/mol. The van der Waals surface area contributed by atoms with Crippen molar-refractivity contribution in [2.24, 2.45) is 0 Å². The van der Waals surface area contributed by atoms with Crippen molar-refractivity contribution >= 4 is 34.3 Å². The van der Waals surface area contributed by atoms with Crippen LogP contribution in [0.1, 0.15) is 32.6 Å². The second-order valence-electron chi connectivity index (χ2n) is 6.81. The zero-order valence-electron chi connectivity index (χ0n) is 16.0. The quantitative estimate of drug-likeness (QED) is 0.355. The minimum absolute atomic E-state index is 0.00800. The molecule has 27 heavy (non-hydrogen) atoms. The first-order valence-corrected chi connectivity index (χ1v) is 11.2. The van der Waals surface area contributed by atoms with Crippen molar-refractivity contribution in [2.75, 3.05) is 38.6 Å². The van der Waals surface area contributed by atoms with E-state index in [2.05, 4.69) is 4.90 Å². The maximum absolute atomic E-state index is 13.0. The highest BCUT2D eigenvalue weighted by atomic mass is 35.5. The molecule has 0 saturated carbocycles. The van der Waals surface area contributed by atoms with Crippen molar-refractivity contribution in [3.05, 3.63) is 33.6 Å². The number of fused-ring (bicyclic) bond motifs is 1. The third-order valence-electron chi connectivity index (χ3n) is 4.84. The van der Waals surface area contributed by atoms with Gasteiger partial charge in [0.1, 0.15) is 0 Å². The minimum atomic E-state index is 0.00800. The van der Waals surface area contributed by atoms with Crippen molar-refractivity contribution in [3.63, 3.8) is 0 Å². The van der Waals surface area contributed by atoms with E-state index < -0.39 is 0 Å². The van der Waals surface area contributed by atoms with Gasteiger partial charge < -0.3 is 9.64 Å². The summed E-state index contributed by atoms with van der Waals surface area (Å²) in [5.74, 6) is 0.934. The van der Waals surface area contributed by atoms with Crippen molar-refractivity contribution in [2.45, 2.75) is 44.3 Å². The number of thioether (sulfide) groups is 1. The SMILES string of the molecule is CCOCCCn1c(SCCN2CCCCC2)nc2cc(Cl)ccc2c1=O. The van der Waals surface area contributed by atoms with Gasteiger partial charge in [0.05, 0.1) is 10.9 Å². The Balaban J connectivity index is 1.77. The Morgan fingerprint density at radius 2 is 2.04 bits per heavy atom. The molecular formula is C20H28ClN3O2S. The first-order valence-electron chi connectivity index (χ1n) is 9.82. The van der Waals surface area contributed by atoms with Gasteiger partial charge in [-0.1, -0.05) is 29.8 Å². The molecule has 7 heteroatoms. The minimum Gasteiger partial charge on any atom is -0.382 e. The smallest absolute Gasteiger partial charge is 0.262 e. The Hall–Kier alpha value is -1.08. The van der Waals surface area contributed by atoms with Gasteiger partial charge in [-0.3, -0.25) is 9.36 Å². The summed E-state index contributed by atoms with van der Waals surface area (Å²) in [6, 6.07) is 5.30. The van der Waals surface area contributed by atoms with E-state index >= 15 is 0 Å². The number of hydrogen-bond donors (Lipinski definition) is 0. The molecule has 1 saturated heterocycles. The van der Waals surface area contributed by atoms with Crippen LogP contribution in [0.3, 0.4) is 0 Å². The molecule has 3 rings (SSSR count). The van der Waals surface area contributed by atoms with E-state index in [1.54, 1.807) is 34.5 Å². The molecule has 0 radical (unpaired) electrons. The first-order chi connectivity index (χ1) is 13.2. The van der Waals surface area contributed by atoms with Crippen LogP contribution in [0.2, 0.25) is 5.02 Å². The molecule has 1 aromatic heterocycles. The lowest BCUT2D eigenvalue weighted by molar-refractivity contribution is 0.140. The van der Waals surface area contributed by atoms with Gasteiger partial charge in [0.25, 0.3) is 5.56 Å². The summed E-state index contributed by atoms with van der Waals surface area (Å²) >= 11 is 7.77. The third-order valence-corrected chi connectivity index (χ3v) is 6.04. The van der Waals surface area contributed by atoms with Crippen molar-refractivity contribution in [3.8, 4) is 0 Å². The fraction of sp³-hybridized carbons (Fsp3) is 0.600. The Labute approximate surface area is 170 Å². The van der Waals surface area contributed by atoms with Gasteiger partial charge in [0.15, 0.2) is 5.16 Å². The van der Waals surface area contributed by atoms with Crippen molar-refractivity contribution in [1.82, 2.24) is 14.5 Å². The number of piperidine rings is 1. The van der Waals surface area contributed by atoms with E-state index in [1.165, 1.54) is 32.4 Å². The molecule has 0 atom stereocenters. The fourth-order valence-corrected chi connectivity index (χ4v) is 4.59. The number of likely N-dealkylation sites (tertiary alicyclic amines) is 1. The zero-order chi connectivity index (χ0) is 19.1. The lowest BCUT2D eigenvalue weighted by Gasteiger charge is -2.26. The molecule has 1 aromatic carbocycles. The van der Waals surface area contributed by atoms with Gasteiger partial charge in [-0.2, -0.15) is 0 Å². The highest BCUT2D eigenvalue weighted by Gasteiger charge is 2.14. The molecule has 1 aliphatic rings. The zero-order valence-corrected chi connectivity index (χ0v) is 17.5. The van der Waals surface area contributed by atoms with Crippen LogP contribution in [-0.4, -0.2) is 53.1 Å². The molecule has 0 N–H and O–H groups in total. The van der Waals surface area contributed by atoms with Crippen LogP contribution >= 0.6 is 23.4 Å². The summed E-state index contributed by atoms with van der Waals surface area (Å²) in [7, 11) is 0. The predicted octanol–water partition coefficient (Wildman–Crippen LogP) is 4.05. The average Bonchev–Trinajstić information content (AvgIpc) is 2.67. The summed E-state index contributed by atoms with van der Waals surface area (Å²) < 4.78 is 7.23. The normalized spacial score (nSPS) is 15.5. The number of hydrogen-bond acceptors (Lipinski definition) is 5. The third kappa shape index (κ3) is 5.70. The molecule has 0 spiro atoms. The Morgan fingerprint density at radius 3 is 2.81 bits per heavy atom. The number of rotatable bonds is 9. The molecule has 5 nitrogen and oxygen atoms in total. The number of aromatic nitrogens is 2. The van der Waals surface area contributed by atoms with Gasteiger partial charge in [-0.05, 0) is 57.5 Å². The first kappa shape index (κ1) is 20.6. The average molecular weight is 410 g/mol. The van der Waals surface area contributed by atoms with Crippen LogP contribution < -0.4 is 5.56 Å². The van der Waals surface area contributed by atoms with Gasteiger partial charge in [-0.25, -0.2) is 4.98 Å². The second kappa shape index (κ2) is 10.5. The summed E-state index contributed by atoms with van der Waals surface area (Å²) in [5.41, 5.74) is 0.683. The molecule has 2 heterocycles. The van der Waals surface area contributed by atoms with Gasteiger partial charge in [-0.15, -0.1) is 0 Å². The van der Waals surface area contributed by atoms with Crippen LogP contribution in [-0.2, 0) is 11.3 Å². The number of nitrogens with zero attached hydrogens (tertiary/aromatic N) is 3. The van der Waals surface area contributed by atoms with E-state index in [9.17, 15) is 4.79 Å². The van der Waals surface area contributed by atoms with Crippen LogP contribution in [0.4, 0.5) is 0 Å². The summed E-state index contributed by atoms with van der Waals surface area (Å²) in [5, 5.41) is 2.01. The molecule has 1 aliphatic heterocycles. The van der Waals surface area contributed by atoms with Crippen LogP contribution in [0.5, 0.6) is 0 Å². The maximum atomic E-state index is 13.0. The lowest BCUT2D eigenvalue weighted by Crippen LogP contribution is -2.32. The van der Waals surface area contributed by atoms with Crippen LogP contribution in [0.15, 0.2) is 28.2 Å². The van der Waals surface area contributed by atoms with E-state index in [0.717, 1.165) is 23.9 Å². The van der Waals surface area contributed by atoms with E-state index in [1.807, 2.05) is 6.92 Å². The van der Waals surface area contributed by atoms with E-state index in [0.29, 0.717) is 35.7 Å². The van der Waals surface area contributed by atoms with Crippen molar-refractivity contribution < 1.29 is 4.74 Å². The molecule has 148 valence electrons. The fourth-order valence-electron chi connectivity index (χ4n) is 3.40. The molecule has 0 unspecified atom stereocenters. The highest BCUT2D eigenvalue weighted by Crippen LogP contribution is 2.21.